The summed E-state index contributed by atoms with van der Waals surface area (Å²) in [6.45, 7) is -0.620. The number of benzene rings is 1. The number of hydrogen-bond donors (Lipinski definition) is 3. The molecule has 0 bridgehead atoms. The van der Waals surface area contributed by atoms with E-state index in [2.05, 4.69) is 5.32 Å². The summed E-state index contributed by atoms with van der Waals surface area (Å²) in [6, 6.07) is 5.02. The molecule has 1 aromatic rings. The highest BCUT2D eigenvalue weighted by atomic mass is 16.5. The molecular formula is C12H17NO5. The van der Waals surface area contributed by atoms with Gasteiger partial charge in [-0.15, -0.1) is 0 Å². The molecule has 1 amide bonds. The topological polar surface area (TPSA) is 88.0 Å². The Bertz CT molecular complexity index is 407. The molecule has 1 atom stereocenters. The van der Waals surface area contributed by atoms with E-state index in [-0.39, 0.29) is 6.54 Å². The van der Waals surface area contributed by atoms with Crippen molar-refractivity contribution in [2.75, 3.05) is 27.4 Å². The zero-order chi connectivity index (χ0) is 13.5. The van der Waals surface area contributed by atoms with Crippen LogP contribution in [0.1, 0.15) is 11.7 Å². The monoisotopic (exact) mass is 255 g/mol. The number of methoxy groups -OCH3 is 2. The first kappa shape index (κ1) is 14.3. The average Bonchev–Trinajstić information content (AvgIpc) is 2.43. The van der Waals surface area contributed by atoms with Crippen molar-refractivity contribution in [1.29, 1.82) is 0 Å². The summed E-state index contributed by atoms with van der Waals surface area (Å²) < 4.78 is 10.2. The number of hydrogen-bond acceptors (Lipinski definition) is 5. The highest BCUT2D eigenvalue weighted by Crippen LogP contribution is 2.28. The number of carbonyl (C=O) groups excluding carboxylic acids is 1. The van der Waals surface area contributed by atoms with Crippen LogP contribution in [0.15, 0.2) is 18.2 Å². The van der Waals surface area contributed by atoms with Crippen LogP contribution >= 0.6 is 0 Å². The molecule has 0 aliphatic heterocycles. The van der Waals surface area contributed by atoms with Crippen LogP contribution in [0.5, 0.6) is 11.5 Å². The van der Waals surface area contributed by atoms with Crippen LogP contribution in [0.4, 0.5) is 0 Å². The molecule has 6 heteroatoms. The Balaban J connectivity index is 2.82. The van der Waals surface area contributed by atoms with E-state index >= 15 is 0 Å². The van der Waals surface area contributed by atoms with Crippen LogP contribution < -0.4 is 14.8 Å². The summed E-state index contributed by atoms with van der Waals surface area (Å²) in [5, 5.41) is 20.9. The Morgan fingerprint density at radius 3 is 2.67 bits per heavy atom. The standard InChI is InChI=1S/C12H17NO5/c1-17-8-3-4-11(18-2)9(5-8)10(15)6-13-12(16)7-14/h3-5,10,14-15H,6-7H2,1-2H3,(H,13,16). The minimum Gasteiger partial charge on any atom is -0.497 e. The summed E-state index contributed by atoms with van der Waals surface area (Å²) in [5.41, 5.74) is 0.509. The zero-order valence-electron chi connectivity index (χ0n) is 10.3. The van der Waals surface area contributed by atoms with E-state index in [0.717, 1.165) is 0 Å². The number of amides is 1. The molecule has 6 nitrogen and oxygen atoms in total. The van der Waals surface area contributed by atoms with Crippen molar-refractivity contribution in [2.45, 2.75) is 6.10 Å². The van der Waals surface area contributed by atoms with Gasteiger partial charge in [-0.1, -0.05) is 0 Å². The molecule has 0 heterocycles. The summed E-state index contributed by atoms with van der Waals surface area (Å²) in [5.74, 6) is 0.538. The molecule has 1 unspecified atom stereocenters. The number of aliphatic hydroxyl groups excluding tert-OH is 2. The van der Waals surface area contributed by atoms with E-state index in [1.165, 1.54) is 14.2 Å². The Hall–Kier alpha value is -1.79. The third kappa shape index (κ3) is 3.61. The lowest BCUT2D eigenvalue weighted by atomic mass is 10.1. The van der Waals surface area contributed by atoms with Gasteiger partial charge in [0.25, 0.3) is 0 Å². The van der Waals surface area contributed by atoms with Gasteiger partial charge in [-0.05, 0) is 18.2 Å². The van der Waals surface area contributed by atoms with E-state index < -0.39 is 18.6 Å². The van der Waals surface area contributed by atoms with E-state index in [1.54, 1.807) is 18.2 Å². The summed E-state index contributed by atoms with van der Waals surface area (Å²) >= 11 is 0. The van der Waals surface area contributed by atoms with Crippen molar-refractivity contribution in [3.63, 3.8) is 0 Å². The van der Waals surface area contributed by atoms with Crippen molar-refractivity contribution in [3.05, 3.63) is 23.8 Å². The van der Waals surface area contributed by atoms with E-state index in [9.17, 15) is 9.90 Å². The molecule has 0 saturated heterocycles. The van der Waals surface area contributed by atoms with Crippen LogP contribution in [-0.4, -0.2) is 43.5 Å². The fraction of sp³-hybridized carbons (Fsp3) is 0.417. The molecule has 0 saturated carbocycles. The van der Waals surface area contributed by atoms with Crippen LogP contribution in [-0.2, 0) is 4.79 Å². The lowest BCUT2D eigenvalue weighted by Crippen LogP contribution is -2.30. The first-order valence-corrected chi connectivity index (χ1v) is 5.40. The fourth-order valence-corrected chi connectivity index (χ4v) is 1.48. The van der Waals surface area contributed by atoms with Gasteiger partial charge >= 0.3 is 0 Å². The third-order valence-electron chi connectivity index (χ3n) is 2.43. The second kappa shape index (κ2) is 6.83. The van der Waals surface area contributed by atoms with Crippen molar-refractivity contribution in [3.8, 4) is 11.5 Å². The summed E-state index contributed by atoms with van der Waals surface area (Å²) in [6.07, 6.45) is -0.939. The predicted octanol–water partition coefficient (Wildman–Crippen LogP) is -0.154. The van der Waals surface area contributed by atoms with Crippen LogP contribution in [0.25, 0.3) is 0 Å². The van der Waals surface area contributed by atoms with Crippen LogP contribution in [0.2, 0.25) is 0 Å². The molecule has 0 fully saturated rings. The summed E-state index contributed by atoms with van der Waals surface area (Å²) in [7, 11) is 3.01. The van der Waals surface area contributed by atoms with Gasteiger partial charge in [0, 0.05) is 12.1 Å². The van der Waals surface area contributed by atoms with Gasteiger partial charge in [0.15, 0.2) is 0 Å². The van der Waals surface area contributed by atoms with E-state index in [1.807, 2.05) is 0 Å². The van der Waals surface area contributed by atoms with Gasteiger partial charge in [0.1, 0.15) is 18.1 Å². The van der Waals surface area contributed by atoms with Gasteiger partial charge in [-0.3, -0.25) is 4.79 Å². The Kier molecular flexibility index (Phi) is 5.41. The van der Waals surface area contributed by atoms with Crippen molar-refractivity contribution >= 4 is 5.91 Å². The van der Waals surface area contributed by atoms with Crippen molar-refractivity contribution in [2.24, 2.45) is 0 Å². The SMILES string of the molecule is COc1ccc(OC)c(C(O)CNC(=O)CO)c1. The normalized spacial score (nSPS) is 11.8. The molecule has 1 rings (SSSR count). The highest BCUT2D eigenvalue weighted by Gasteiger charge is 2.15. The maximum atomic E-state index is 10.9. The molecule has 100 valence electrons. The minimum atomic E-state index is -0.939. The lowest BCUT2D eigenvalue weighted by molar-refractivity contribution is -0.124. The van der Waals surface area contributed by atoms with E-state index in [4.69, 9.17) is 14.6 Å². The maximum absolute atomic E-state index is 10.9. The Morgan fingerprint density at radius 2 is 2.11 bits per heavy atom. The minimum absolute atomic E-state index is 0.0110. The Morgan fingerprint density at radius 1 is 1.39 bits per heavy atom. The number of aliphatic hydroxyl groups is 2. The Labute approximate surface area is 105 Å². The predicted molar refractivity (Wildman–Crippen MR) is 64.6 cm³/mol. The highest BCUT2D eigenvalue weighted by molar-refractivity contribution is 5.76. The number of nitrogens with one attached hydrogen (secondary N) is 1. The second-order valence-corrected chi connectivity index (χ2v) is 3.59. The largest absolute Gasteiger partial charge is 0.497 e. The molecule has 18 heavy (non-hydrogen) atoms. The maximum Gasteiger partial charge on any atom is 0.245 e. The quantitative estimate of drug-likeness (QED) is 0.657. The van der Waals surface area contributed by atoms with Gasteiger partial charge in [-0.25, -0.2) is 0 Å². The van der Waals surface area contributed by atoms with E-state index in [0.29, 0.717) is 17.1 Å². The van der Waals surface area contributed by atoms with Gasteiger partial charge in [0.2, 0.25) is 5.91 Å². The molecular weight excluding hydrogens is 238 g/mol. The van der Waals surface area contributed by atoms with Crippen LogP contribution in [0, 0.1) is 0 Å². The molecule has 0 aliphatic rings. The van der Waals surface area contributed by atoms with Crippen molar-refractivity contribution in [1.82, 2.24) is 5.32 Å². The number of rotatable bonds is 6. The smallest absolute Gasteiger partial charge is 0.245 e. The molecule has 1 aromatic carbocycles. The molecule has 0 spiro atoms. The first-order valence-electron chi connectivity index (χ1n) is 5.40. The number of carbonyl (C=O) groups is 1. The molecule has 0 radical (unpaired) electrons. The van der Waals surface area contributed by atoms with Crippen LogP contribution in [0.3, 0.4) is 0 Å². The third-order valence-corrected chi connectivity index (χ3v) is 2.43. The van der Waals surface area contributed by atoms with Gasteiger partial charge < -0.3 is 25.0 Å². The number of ether oxygens (including phenoxy) is 2. The fourth-order valence-electron chi connectivity index (χ4n) is 1.48. The van der Waals surface area contributed by atoms with Gasteiger partial charge in [-0.2, -0.15) is 0 Å². The molecule has 0 aromatic heterocycles. The van der Waals surface area contributed by atoms with Gasteiger partial charge in [0.05, 0.1) is 20.3 Å². The average molecular weight is 255 g/mol. The zero-order valence-corrected chi connectivity index (χ0v) is 10.3. The lowest BCUT2D eigenvalue weighted by Gasteiger charge is -2.16. The first-order chi connectivity index (χ1) is 8.62. The molecule has 3 N–H and O–H groups in total. The second-order valence-electron chi connectivity index (χ2n) is 3.59. The summed E-state index contributed by atoms with van der Waals surface area (Å²) in [4.78, 5) is 10.9. The molecule has 0 aliphatic carbocycles. The van der Waals surface area contributed by atoms with Crippen molar-refractivity contribution < 1.29 is 24.5 Å².